The largest absolute Gasteiger partial charge is 0.324 e. The molecule has 3 rings (SSSR count). The third-order valence-electron chi connectivity index (χ3n) is 4.50. The van der Waals surface area contributed by atoms with Crippen molar-refractivity contribution in [2.24, 2.45) is 5.73 Å². The number of hydrogen-bond donors (Lipinski definition) is 3. The Bertz CT molecular complexity index is 825. The van der Waals surface area contributed by atoms with Gasteiger partial charge in [-0.15, -0.1) is 0 Å². The van der Waals surface area contributed by atoms with Crippen molar-refractivity contribution in [3.05, 3.63) is 62.0 Å². The number of amides is 1. The summed E-state index contributed by atoms with van der Waals surface area (Å²) >= 11 is 3.36. The second-order valence-corrected chi connectivity index (χ2v) is 7.30. The van der Waals surface area contributed by atoms with Gasteiger partial charge in [0.15, 0.2) is 0 Å². The number of aromatic nitrogens is 1. The van der Waals surface area contributed by atoms with E-state index in [2.05, 4.69) is 26.2 Å². The van der Waals surface area contributed by atoms with Gasteiger partial charge in [-0.05, 0) is 61.9 Å². The molecule has 0 spiro atoms. The normalized spacial score (nSPS) is 16.1. The second kappa shape index (κ2) is 6.53. The zero-order valence-corrected chi connectivity index (χ0v) is 15.1. The number of nitrogens with one attached hydrogen (secondary N) is 2. The van der Waals surface area contributed by atoms with E-state index in [4.69, 9.17) is 5.73 Å². The van der Waals surface area contributed by atoms with Crippen LogP contribution in [0.2, 0.25) is 0 Å². The molecule has 1 aliphatic rings. The van der Waals surface area contributed by atoms with Crippen LogP contribution < -0.4 is 16.6 Å². The fourth-order valence-electron chi connectivity index (χ4n) is 2.95. The van der Waals surface area contributed by atoms with Gasteiger partial charge < -0.3 is 16.0 Å². The predicted octanol–water partition coefficient (Wildman–Crippen LogP) is 2.83. The Morgan fingerprint density at radius 2 is 1.92 bits per heavy atom. The standard InChI is InChI=1S/C18H20BrN3O2/c1-18(20,12-6-8-13(19)9-7-12)17(24)22-15-10-11-4-2-3-5-14(11)21-16(15)23/h6-10H,2-5,20H2,1H3,(H,21,23)(H,22,24). The van der Waals surface area contributed by atoms with Crippen LogP contribution in [-0.4, -0.2) is 10.9 Å². The van der Waals surface area contributed by atoms with E-state index < -0.39 is 11.4 Å². The molecule has 1 atom stereocenters. The first kappa shape index (κ1) is 16.9. The fraction of sp³-hybridized carbons (Fsp3) is 0.333. The predicted molar refractivity (Wildman–Crippen MR) is 98.0 cm³/mol. The lowest BCUT2D eigenvalue weighted by atomic mass is 9.92. The van der Waals surface area contributed by atoms with Crippen LogP contribution in [0.5, 0.6) is 0 Å². The molecule has 2 aromatic rings. The summed E-state index contributed by atoms with van der Waals surface area (Å²) in [6.45, 7) is 1.64. The van der Waals surface area contributed by atoms with Gasteiger partial charge in [0.2, 0.25) is 5.91 Å². The van der Waals surface area contributed by atoms with E-state index in [1.165, 1.54) is 0 Å². The molecule has 0 aliphatic heterocycles. The summed E-state index contributed by atoms with van der Waals surface area (Å²) in [5.41, 5.74) is 7.73. The van der Waals surface area contributed by atoms with E-state index in [0.29, 0.717) is 5.56 Å². The number of hydrogen-bond acceptors (Lipinski definition) is 3. The smallest absolute Gasteiger partial charge is 0.271 e. The minimum Gasteiger partial charge on any atom is -0.324 e. The first-order valence-corrected chi connectivity index (χ1v) is 8.78. The van der Waals surface area contributed by atoms with Crippen LogP contribution in [-0.2, 0) is 23.2 Å². The number of carbonyl (C=O) groups excluding carboxylic acids is 1. The van der Waals surface area contributed by atoms with Crippen molar-refractivity contribution in [3.8, 4) is 0 Å². The topological polar surface area (TPSA) is 88.0 Å². The molecule has 0 saturated heterocycles. The van der Waals surface area contributed by atoms with Crippen LogP contribution >= 0.6 is 15.9 Å². The number of halogens is 1. The molecule has 0 radical (unpaired) electrons. The molecule has 1 amide bonds. The summed E-state index contributed by atoms with van der Waals surface area (Å²) in [5.74, 6) is -0.411. The SMILES string of the molecule is CC(N)(C(=O)Nc1cc2c([nH]c1=O)CCCC2)c1ccc(Br)cc1. The highest BCUT2D eigenvalue weighted by atomic mass is 79.9. The molecule has 24 heavy (non-hydrogen) atoms. The molecule has 1 heterocycles. The Balaban J connectivity index is 1.86. The van der Waals surface area contributed by atoms with Gasteiger partial charge >= 0.3 is 0 Å². The highest BCUT2D eigenvalue weighted by molar-refractivity contribution is 9.10. The van der Waals surface area contributed by atoms with Crippen molar-refractivity contribution in [1.82, 2.24) is 4.98 Å². The van der Waals surface area contributed by atoms with Gasteiger partial charge in [-0.25, -0.2) is 0 Å². The molecule has 126 valence electrons. The second-order valence-electron chi connectivity index (χ2n) is 6.39. The fourth-order valence-corrected chi connectivity index (χ4v) is 3.21. The molecule has 1 aromatic carbocycles. The third kappa shape index (κ3) is 3.30. The summed E-state index contributed by atoms with van der Waals surface area (Å²) in [5, 5.41) is 2.69. The summed E-state index contributed by atoms with van der Waals surface area (Å²) in [4.78, 5) is 27.7. The van der Waals surface area contributed by atoms with Crippen LogP contribution in [0.25, 0.3) is 0 Å². The molecule has 1 unspecified atom stereocenters. The Morgan fingerprint density at radius 1 is 1.25 bits per heavy atom. The molecule has 1 aromatic heterocycles. The Labute approximate surface area is 148 Å². The van der Waals surface area contributed by atoms with Gasteiger partial charge in [-0.3, -0.25) is 9.59 Å². The van der Waals surface area contributed by atoms with Gasteiger partial charge in [0.05, 0.1) is 0 Å². The number of rotatable bonds is 3. The van der Waals surface area contributed by atoms with Gasteiger partial charge in [0, 0.05) is 10.2 Å². The molecule has 1 aliphatic carbocycles. The molecule has 0 fully saturated rings. The Morgan fingerprint density at radius 3 is 2.62 bits per heavy atom. The summed E-state index contributed by atoms with van der Waals surface area (Å²) in [6.07, 6.45) is 3.98. The number of fused-ring (bicyclic) bond motifs is 1. The summed E-state index contributed by atoms with van der Waals surface area (Å²) in [7, 11) is 0. The van der Waals surface area contributed by atoms with E-state index in [9.17, 15) is 9.59 Å². The van der Waals surface area contributed by atoms with E-state index in [1.54, 1.807) is 25.1 Å². The molecule has 5 nitrogen and oxygen atoms in total. The molecule has 0 bridgehead atoms. The van der Waals surface area contributed by atoms with Crippen molar-refractivity contribution in [2.75, 3.05) is 5.32 Å². The first-order chi connectivity index (χ1) is 11.4. The lowest BCUT2D eigenvalue weighted by Crippen LogP contribution is -2.46. The van der Waals surface area contributed by atoms with Crippen molar-refractivity contribution in [3.63, 3.8) is 0 Å². The molecule has 6 heteroatoms. The lowest BCUT2D eigenvalue weighted by Gasteiger charge is -2.24. The number of pyridine rings is 1. The van der Waals surface area contributed by atoms with Crippen LogP contribution in [0.3, 0.4) is 0 Å². The van der Waals surface area contributed by atoms with Crippen LogP contribution in [0, 0.1) is 0 Å². The molecular weight excluding hydrogens is 370 g/mol. The van der Waals surface area contributed by atoms with E-state index >= 15 is 0 Å². The number of carbonyl (C=O) groups is 1. The minimum atomic E-state index is -1.23. The Kier molecular flexibility index (Phi) is 4.60. The van der Waals surface area contributed by atoms with Crippen LogP contribution in [0.15, 0.2) is 39.6 Å². The van der Waals surface area contributed by atoms with Crippen molar-refractivity contribution in [1.29, 1.82) is 0 Å². The van der Waals surface area contributed by atoms with Crippen molar-refractivity contribution in [2.45, 2.75) is 38.1 Å². The lowest BCUT2D eigenvalue weighted by molar-refractivity contribution is -0.120. The quantitative estimate of drug-likeness (QED) is 0.753. The maximum atomic E-state index is 12.6. The van der Waals surface area contributed by atoms with Crippen molar-refractivity contribution < 1.29 is 4.79 Å². The number of aryl methyl sites for hydroxylation is 2. The van der Waals surface area contributed by atoms with Crippen molar-refractivity contribution >= 4 is 27.5 Å². The monoisotopic (exact) mass is 389 g/mol. The summed E-state index contributed by atoms with van der Waals surface area (Å²) in [6, 6.07) is 9.03. The van der Waals surface area contributed by atoms with E-state index in [0.717, 1.165) is 41.4 Å². The number of aromatic amines is 1. The van der Waals surface area contributed by atoms with Crippen LogP contribution in [0.4, 0.5) is 5.69 Å². The van der Waals surface area contributed by atoms with E-state index in [1.807, 2.05) is 12.1 Å². The zero-order chi connectivity index (χ0) is 17.3. The highest BCUT2D eigenvalue weighted by Crippen LogP contribution is 2.23. The molecular formula is C18H20BrN3O2. The number of benzene rings is 1. The van der Waals surface area contributed by atoms with Crippen LogP contribution in [0.1, 0.15) is 36.6 Å². The number of nitrogens with two attached hydrogens (primary N) is 1. The van der Waals surface area contributed by atoms with Gasteiger partial charge in [0.25, 0.3) is 5.56 Å². The third-order valence-corrected chi connectivity index (χ3v) is 5.03. The first-order valence-electron chi connectivity index (χ1n) is 7.99. The highest BCUT2D eigenvalue weighted by Gasteiger charge is 2.31. The molecule has 4 N–H and O–H groups in total. The zero-order valence-electron chi connectivity index (χ0n) is 13.5. The maximum Gasteiger partial charge on any atom is 0.271 e. The average Bonchev–Trinajstić information content (AvgIpc) is 2.56. The maximum absolute atomic E-state index is 12.6. The molecule has 0 saturated carbocycles. The van der Waals surface area contributed by atoms with Gasteiger partial charge in [0.1, 0.15) is 11.2 Å². The van der Waals surface area contributed by atoms with E-state index in [-0.39, 0.29) is 11.2 Å². The number of H-pyrrole nitrogens is 1. The van der Waals surface area contributed by atoms with Gasteiger partial charge in [-0.2, -0.15) is 0 Å². The van der Waals surface area contributed by atoms with Gasteiger partial charge in [-0.1, -0.05) is 28.1 Å². The average molecular weight is 390 g/mol. The Hall–Kier alpha value is -1.92. The number of anilines is 1. The summed E-state index contributed by atoms with van der Waals surface area (Å²) < 4.78 is 0.911. The minimum absolute atomic E-state index is 0.259.